The molecule has 2 nitrogen and oxygen atoms in total. The van der Waals surface area contributed by atoms with E-state index < -0.39 is 0 Å². The molecule has 0 amide bonds. The molecule has 4 rings (SSSR count). The summed E-state index contributed by atoms with van der Waals surface area (Å²) in [6.07, 6.45) is 3.96. The van der Waals surface area contributed by atoms with Gasteiger partial charge in [0.15, 0.2) is 0 Å². The normalized spacial score (nSPS) is 34.2. The fourth-order valence-corrected chi connectivity index (χ4v) is 2.98. The molecule has 3 fully saturated rings. The van der Waals surface area contributed by atoms with Gasteiger partial charge in [-0.15, -0.1) is 0 Å². The van der Waals surface area contributed by atoms with Gasteiger partial charge in [-0.2, -0.15) is 0 Å². The van der Waals surface area contributed by atoms with Gasteiger partial charge >= 0.3 is 0 Å². The number of piperidine rings is 3. The first-order valence-corrected chi connectivity index (χ1v) is 6.24. The lowest BCUT2D eigenvalue weighted by atomic mass is 9.83. The quantitative estimate of drug-likeness (QED) is 0.739. The summed E-state index contributed by atoms with van der Waals surface area (Å²) in [6.45, 7) is 2.24. The lowest BCUT2D eigenvalue weighted by molar-refractivity contribution is -0.880. The summed E-state index contributed by atoms with van der Waals surface area (Å²) in [5.41, 5.74) is 2.06. The lowest BCUT2D eigenvalue weighted by Crippen LogP contribution is -3.14. The molecule has 3 saturated heterocycles. The lowest BCUT2D eigenvalue weighted by Gasteiger charge is -2.41. The van der Waals surface area contributed by atoms with Gasteiger partial charge < -0.3 is 10.0 Å². The molecule has 3 heterocycles. The molecular weight excluding hydrogens is 217 g/mol. The Morgan fingerprint density at radius 2 is 1.82 bits per heavy atom. The van der Waals surface area contributed by atoms with E-state index in [9.17, 15) is 9.50 Å². The van der Waals surface area contributed by atoms with Crippen molar-refractivity contribution in [1.82, 2.24) is 0 Å². The number of aliphatic hydroxyl groups excluding tert-OH is 1. The Morgan fingerprint density at radius 1 is 1.18 bits per heavy atom. The van der Waals surface area contributed by atoms with Gasteiger partial charge in [-0.1, -0.05) is 12.1 Å². The zero-order valence-corrected chi connectivity index (χ0v) is 9.70. The van der Waals surface area contributed by atoms with Crippen LogP contribution in [0.5, 0.6) is 0 Å². The molecule has 0 radical (unpaired) electrons. The largest absolute Gasteiger partial charge is 0.383 e. The van der Waals surface area contributed by atoms with Crippen LogP contribution >= 0.6 is 0 Å². The molecule has 3 heteroatoms. The van der Waals surface area contributed by atoms with Crippen LogP contribution in [0.15, 0.2) is 30.0 Å². The molecule has 1 atom stereocenters. The molecule has 3 aliphatic rings. The first-order valence-electron chi connectivity index (χ1n) is 6.24. The van der Waals surface area contributed by atoms with Crippen LogP contribution in [0.3, 0.4) is 0 Å². The van der Waals surface area contributed by atoms with Crippen LogP contribution in [0.25, 0.3) is 6.08 Å². The van der Waals surface area contributed by atoms with Crippen molar-refractivity contribution in [1.29, 1.82) is 0 Å². The average Bonchev–Trinajstić information content (AvgIpc) is 2.37. The molecule has 17 heavy (non-hydrogen) atoms. The van der Waals surface area contributed by atoms with E-state index in [0.717, 1.165) is 37.2 Å². The molecule has 0 unspecified atom stereocenters. The van der Waals surface area contributed by atoms with Gasteiger partial charge in [0.25, 0.3) is 0 Å². The average molecular weight is 234 g/mol. The molecule has 0 saturated carbocycles. The molecule has 0 aliphatic carbocycles. The molecule has 90 valence electrons. The molecular formula is C14H17FNO+. The molecule has 2 bridgehead atoms. The second-order valence-corrected chi connectivity index (χ2v) is 5.04. The molecule has 3 aliphatic heterocycles. The second kappa shape index (κ2) is 4.24. The monoisotopic (exact) mass is 234 g/mol. The fourth-order valence-electron chi connectivity index (χ4n) is 2.98. The van der Waals surface area contributed by atoms with E-state index in [-0.39, 0.29) is 11.9 Å². The van der Waals surface area contributed by atoms with E-state index in [1.165, 1.54) is 17.0 Å². The zero-order valence-electron chi connectivity index (χ0n) is 9.70. The van der Waals surface area contributed by atoms with Crippen LogP contribution in [-0.2, 0) is 0 Å². The van der Waals surface area contributed by atoms with Gasteiger partial charge in [0.1, 0.15) is 17.6 Å². The van der Waals surface area contributed by atoms with Crippen LogP contribution < -0.4 is 4.90 Å². The highest BCUT2D eigenvalue weighted by atomic mass is 19.1. The van der Waals surface area contributed by atoms with Crippen molar-refractivity contribution in [3.63, 3.8) is 0 Å². The number of benzene rings is 1. The molecule has 0 aromatic heterocycles. The standard InChI is InChI=1S/C14H16FNO/c15-12-3-1-10(2-4-12)9-13-14(17)11-5-7-16(13)8-6-11/h1-4,9,11,14,17H,5-8H2/p+1/b13-9+/t14-/m1/s1. The van der Waals surface area contributed by atoms with Crippen molar-refractivity contribution in [2.75, 3.05) is 13.1 Å². The summed E-state index contributed by atoms with van der Waals surface area (Å²) >= 11 is 0. The highest BCUT2D eigenvalue weighted by molar-refractivity contribution is 5.52. The third-order valence-electron chi connectivity index (χ3n) is 4.00. The van der Waals surface area contributed by atoms with E-state index in [2.05, 4.69) is 0 Å². The van der Waals surface area contributed by atoms with E-state index in [1.807, 2.05) is 6.08 Å². The van der Waals surface area contributed by atoms with E-state index >= 15 is 0 Å². The second-order valence-electron chi connectivity index (χ2n) is 5.04. The van der Waals surface area contributed by atoms with E-state index in [0.29, 0.717) is 5.92 Å². The van der Waals surface area contributed by atoms with E-state index in [1.54, 1.807) is 12.1 Å². The van der Waals surface area contributed by atoms with Crippen molar-refractivity contribution in [3.8, 4) is 0 Å². The van der Waals surface area contributed by atoms with Crippen LogP contribution in [0.4, 0.5) is 4.39 Å². The van der Waals surface area contributed by atoms with Gasteiger partial charge in [-0.3, -0.25) is 0 Å². The SMILES string of the molecule is O[C@H]1/C(=C\c2ccc(F)cc2)[NH+]2CCC1CC2. The summed E-state index contributed by atoms with van der Waals surface area (Å²) in [7, 11) is 0. The van der Waals surface area contributed by atoms with Gasteiger partial charge in [0.05, 0.1) is 13.1 Å². The Balaban J connectivity index is 1.90. The third kappa shape index (κ3) is 2.01. The number of rotatable bonds is 1. The topological polar surface area (TPSA) is 24.7 Å². The minimum Gasteiger partial charge on any atom is -0.383 e. The maximum absolute atomic E-state index is 12.8. The van der Waals surface area contributed by atoms with Crippen molar-refractivity contribution in [2.45, 2.75) is 18.9 Å². The summed E-state index contributed by atoms with van der Waals surface area (Å²) in [5, 5.41) is 10.2. The van der Waals surface area contributed by atoms with Crippen LogP contribution in [-0.4, -0.2) is 24.3 Å². The maximum atomic E-state index is 12.8. The number of halogens is 1. The fraction of sp³-hybridized carbons (Fsp3) is 0.429. The highest BCUT2D eigenvalue weighted by Crippen LogP contribution is 2.25. The third-order valence-corrected chi connectivity index (χ3v) is 4.00. The number of fused-ring (bicyclic) bond motifs is 3. The van der Waals surface area contributed by atoms with Crippen LogP contribution in [0.1, 0.15) is 18.4 Å². The summed E-state index contributed by atoms with van der Waals surface area (Å²) in [5.74, 6) is 0.213. The van der Waals surface area contributed by atoms with Crippen molar-refractivity contribution >= 4 is 6.08 Å². The number of hydrogen-bond donors (Lipinski definition) is 2. The van der Waals surface area contributed by atoms with Crippen molar-refractivity contribution in [2.24, 2.45) is 5.92 Å². The Kier molecular flexibility index (Phi) is 2.73. The minimum atomic E-state index is -0.308. The van der Waals surface area contributed by atoms with E-state index in [4.69, 9.17) is 0 Å². The first kappa shape index (κ1) is 10.9. The molecule has 1 aromatic rings. The minimum absolute atomic E-state index is 0.217. The van der Waals surface area contributed by atoms with Gasteiger partial charge in [0, 0.05) is 24.8 Å². The Morgan fingerprint density at radius 3 is 2.41 bits per heavy atom. The number of nitrogens with one attached hydrogen (secondary N) is 1. The van der Waals surface area contributed by atoms with Crippen molar-refractivity contribution in [3.05, 3.63) is 41.3 Å². The predicted molar refractivity (Wildman–Crippen MR) is 63.8 cm³/mol. The first-order chi connectivity index (χ1) is 8.24. The summed E-state index contributed by atoms with van der Waals surface area (Å²) < 4.78 is 12.8. The molecule has 1 aromatic carbocycles. The Labute approximate surface area is 100 Å². The molecule has 0 spiro atoms. The summed E-state index contributed by atoms with van der Waals surface area (Å²) in [6, 6.07) is 6.45. The number of hydrogen-bond acceptors (Lipinski definition) is 1. The summed E-state index contributed by atoms with van der Waals surface area (Å²) in [4.78, 5) is 1.39. The van der Waals surface area contributed by atoms with Gasteiger partial charge in [0.2, 0.25) is 0 Å². The van der Waals surface area contributed by atoms with Crippen LogP contribution in [0.2, 0.25) is 0 Å². The number of aliphatic hydroxyl groups is 1. The highest BCUT2D eigenvalue weighted by Gasteiger charge is 2.40. The van der Waals surface area contributed by atoms with Gasteiger partial charge in [-0.05, 0) is 17.7 Å². The van der Waals surface area contributed by atoms with Crippen LogP contribution in [0, 0.1) is 11.7 Å². The smallest absolute Gasteiger partial charge is 0.137 e. The number of quaternary nitrogens is 1. The zero-order chi connectivity index (χ0) is 11.8. The Bertz CT molecular complexity index is 428. The van der Waals surface area contributed by atoms with Gasteiger partial charge in [-0.25, -0.2) is 4.39 Å². The molecule has 2 N–H and O–H groups in total. The Hall–Kier alpha value is -1.19. The predicted octanol–water partition coefficient (Wildman–Crippen LogP) is 0.836. The van der Waals surface area contributed by atoms with Crippen molar-refractivity contribution < 1.29 is 14.4 Å². The maximum Gasteiger partial charge on any atom is 0.137 e.